The summed E-state index contributed by atoms with van der Waals surface area (Å²) >= 11 is 0. The highest BCUT2D eigenvalue weighted by molar-refractivity contribution is 5.80. The summed E-state index contributed by atoms with van der Waals surface area (Å²) in [5.41, 5.74) is 3.74. The van der Waals surface area contributed by atoms with Gasteiger partial charge in [-0.25, -0.2) is 0 Å². The van der Waals surface area contributed by atoms with Crippen molar-refractivity contribution in [2.45, 2.75) is 52.0 Å². The Bertz CT molecular complexity index is 861. The predicted molar refractivity (Wildman–Crippen MR) is 118 cm³/mol. The van der Waals surface area contributed by atoms with E-state index in [1.54, 1.807) is 29.6 Å². The molecule has 0 saturated carbocycles. The van der Waals surface area contributed by atoms with Crippen LogP contribution < -0.4 is 5.56 Å². The Balaban J connectivity index is 1.79. The molecule has 0 unspecified atom stereocenters. The van der Waals surface area contributed by atoms with Crippen molar-refractivity contribution in [3.63, 3.8) is 0 Å². The van der Waals surface area contributed by atoms with Gasteiger partial charge in [0.05, 0.1) is 0 Å². The number of hydrogen-bond donors (Lipinski definition) is 0. The van der Waals surface area contributed by atoms with E-state index in [0.717, 1.165) is 44.6 Å². The number of nitrogens with zero attached hydrogens (tertiary/aromatic N) is 3. The summed E-state index contributed by atoms with van der Waals surface area (Å²) in [6.07, 6.45) is 7.78. The molecule has 3 heterocycles. The van der Waals surface area contributed by atoms with Gasteiger partial charge in [0.2, 0.25) is 5.91 Å². The first kappa shape index (κ1) is 21.6. The molecule has 2 aliphatic heterocycles. The summed E-state index contributed by atoms with van der Waals surface area (Å²) in [5.74, 6) is 0.516. The number of piperidine rings is 1. The zero-order chi connectivity index (χ0) is 21.1. The van der Waals surface area contributed by atoms with Gasteiger partial charge in [0, 0.05) is 57.3 Å². The van der Waals surface area contributed by atoms with Gasteiger partial charge in [0.15, 0.2) is 0 Å². The van der Waals surface area contributed by atoms with Crippen molar-refractivity contribution in [3.8, 4) is 0 Å². The summed E-state index contributed by atoms with van der Waals surface area (Å²) in [5, 5.41) is 0. The highest BCUT2D eigenvalue weighted by atomic mass is 16.2. The van der Waals surface area contributed by atoms with E-state index in [4.69, 9.17) is 0 Å². The molecule has 1 amide bonds. The molecule has 1 saturated heterocycles. The molecule has 0 aliphatic carbocycles. The quantitative estimate of drug-likeness (QED) is 0.689. The average molecular weight is 398 g/mol. The maximum atomic E-state index is 13.0. The fourth-order valence-electron chi connectivity index (χ4n) is 4.73. The summed E-state index contributed by atoms with van der Waals surface area (Å²) < 4.78 is 1.78. The third kappa shape index (κ3) is 4.89. The van der Waals surface area contributed by atoms with E-state index in [1.807, 2.05) is 12.1 Å². The van der Waals surface area contributed by atoms with Gasteiger partial charge in [0.25, 0.3) is 5.56 Å². The van der Waals surface area contributed by atoms with Crippen molar-refractivity contribution in [2.24, 2.45) is 5.92 Å². The van der Waals surface area contributed by atoms with Crippen LogP contribution in [0.2, 0.25) is 0 Å². The van der Waals surface area contributed by atoms with Crippen molar-refractivity contribution in [2.75, 3.05) is 33.7 Å². The Morgan fingerprint density at radius 2 is 1.93 bits per heavy atom. The second kappa shape index (κ2) is 9.12. The maximum Gasteiger partial charge on any atom is 0.251 e. The topological polar surface area (TPSA) is 45.6 Å². The van der Waals surface area contributed by atoms with Crippen LogP contribution in [-0.4, -0.2) is 54.0 Å². The number of pyridine rings is 1. The van der Waals surface area contributed by atoms with E-state index < -0.39 is 6.04 Å². The monoisotopic (exact) mass is 397 g/mol. The molecule has 0 N–H and O–H groups in total. The molecule has 2 bridgehead atoms. The first-order chi connectivity index (χ1) is 13.8. The number of carbonyl (C=O) groups excluding carboxylic acids is 1. The molecule has 0 radical (unpaired) electrons. The van der Waals surface area contributed by atoms with Crippen molar-refractivity contribution in [3.05, 3.63) is 57.5 Å². The Morgan fingerprint density at radius 3 is 2.62 bits per heavy atom. The lowest BCUT2D eigenvalue weighted by atomic mass is 9.78. The molecule has 3 rings (SSSR count). The van der Waals surface area contributed by atoms with E-state index in [9.17, 15) is 9.59 Å². The smallest absolute Gasteiger partial charge is 0.251 e. The molecule has 5 nitrogen and oxygen atoms in total. The Hall–Kier alpha value is -2.14. The molecular weight excluding hydrogens is 362 g/mol. The molecule has 29 heavy (non-hydrogen) atoms. The second-order valence-electron chi connectivity index (χ2n) is 9.12. The number of fused-ring (bicyclic) bond motifs is 4. The lowest BCUT2D eigenvalue weighted by Crippen LogP contribution is -2.53. The standard InChI is InChI=1S/C24H35N3O2/c1-17(2)8-6-9-18(3)12-13-26-15-19-14-20(16-26)23(24(29)25(4)5)27-21(19)10-7-11-22(27)28/h7-8,10-12,19-20,23H,6,9,13-16H2,1-5H3/t19-,20+,23-/m1/s1. The van der Waals surface area contributed by atoms with E-state index >= 15 is 0 Å². The molecule has 1 aromatic rings. The molecule has 158 valence electrons. The maximum absolute atomic E-state index is 13.0. The van der Waals surface area contributed by atoms with Crippen molar-refractivity contribution >= 4 is 5.91 Å². The lowest BCUT2D eigenvalue weighted by molar-refractivity contribution is -0.135. The Morgan fingerprint density at radius 1 is 1.17 bits per heavy atom. The predicted octanol–water partition coefficient (Wildman–Crippen LogP) is 3.59. The minimum absolute atomic E-state index is 0.0262. The van der Waals surface area contributed by atoms with Gasteiger partial charge in [0.1, 0.15) is 6.04 Å². The van der Waals surface area contributed by atoms with Crippen LogP contribution in [0, 0.1) is 5.92 Å². The molecule has 5 heteroatoms. The minimum Gasteiger partial charge on any atom is -0.347 e. The average Bonchev–Trinajstić information content (AvgIpc) is 2.66. The van der Waals surface area contributed by atoms with Gasteiger partial charge in [-0.15, -0.1) is 0 Å². The van der Waals surface area contributed by atoms with E-state index in [2.05, 4.69) is 37.8 Å². The number of carbonyl (C=O) groups is 1. The molecule has 0 aromatic carbocycles. The number of hydrogen-bond acceptors (Lipinski definition) is 3. The van der Waals surface area contributed by atoms with Gasteiger partial charge < -0.3 is 4.90 Å². The van der Waals surface area contributed by atoms with Crippen LogP contribution in [0.3, 0.4) is 0 Å². The van der Waals surface area contributed by atoms with Crippen LogP contribution in [0.25, 0.3) is 0 Å². The van der Waals surface area contributed by atoms with Gasteiger partial charge in [-0.2, -0.15) is 0 Å². The molecule has 2 aliphatic rings. The largest absolute Gasteiger partial charge is 0.347 e. The van der Waals surface area contributed by atoms with Crippen LogP contribution in [0.15, 0.2) is 46.3 Å². The molecule has 1 fully saturated rings. The van der Waals surface area contributed by atoms with Crippen molar-refractivity contribution in [1.29, 1.82) is 0 Å². The summed E-state index contributed by atoms with van der Waals surface area (Å²) in [6, 6.07) is 5.05. The van der Waals surface area contributed by atoms with Gasteiger partial charge in [-0.3, -0.25) is 19.1 Å². The molecule has 0 spiro atoms. The van der Waals surface area contributed by atoms with E-state index in [0.29, 0.717) is 5.92 Å². The first-order valence-corrected chi connectivity index (χ1v) is 10.7. The molecule has 1 aromatic heterocycles. The number of rotatable bonds is 6. The Kier molecular flexibility index (Phi) is 6.78. The normalized spacial score (nSPS) is 24.0. The fourth-order valence-corrected chi connectivity index (χ4v) is 4.73. The zero-order valence-corrected chi connectivity index (χ0v) is 18.5. The van der Waals surface area contributed by atoms with Gasteiger partial charge in [-0.05, 0) is 46.1 Å². The van der Waals surface area contributed by atoms with Crippen LogP contribution >= 0.6 is 0 Å². The van der Waals surface area contributed by atoms with Crippen LogP contribution in [0.1, 0.15) is 57.7 Å². The summed E-state index contributed by atoms with van der Waals surface area (Å²) in [4.78, 5) is 29.7. The first-order valence-electron chi connectivity index (χ1n) is 10.7. The Labute approximate surface area is 174 Å². The minimum atomic E-state index is -0.393. The van der Waals surface area contributed by atoms with Gasteiger partial charge in [-0.1, -0.05) is 29.4 Å². The van der Waals surface area contributed by atoms with E-state index in [1.165, 1.54) is 11.1 Å². The SMILES string of the molecule is CC(C)=CCCC(C)=CCN1C[C@H]2C[C@@H](C1)[C@H](C(=O)N(C)C)n1c2cccc1=O. The van der Waals surface area contributed by atoms with Crippen LogP contribution in [0.5, 0.6) is 0 Å². The third-order valence-corrected chi connectivity index (χ3v) is 6.21. The highest BCUT2D eigenvalue weighted by Crippen LogP contribution is 2.41. The van der Waals surface area contributed by atoms with Crippen molar-refractivity contribution < 1.29 is 4.79 Å². The number of likely N-dealkylation sites (N-methyl/N-ethyl adjacent to an activating group) is 1. The summed E-state index contributed by atoms with van der Waals surface area (Å²) in [7, 11) is 3.56. The molecular formula is C24H35N3O2. The van der Waals surface area contributed by atoms with Crippen LogP contribution in [-0.2, 0) is 4.79 Å². The highest BCUT2D eigenvalue weighted by Gasteiger charge is 2.43. The summed E-state index contributed by atoms with van der Waals surface area (Å²) in [6.45, 7) is 9.20. The van der Waals surface area contributed by atoms with Crippen LogP contribution in [0.4, 0.5) is 0 Å². The lowest BCUT2D eigenvalue weighted by Gasteiger charge is -2.46. The molecule has 3 atom stereocenters. The van der Waals surface area contributed by atoms with Crippen molar-refractivity contribution in [1.82, 2.24) is 14.4 Å². The number of aromatic nitrogens is 1. The second-order valence-corrected chi connectivity index (χ2v) is 9.12. The fraction of sp³-hybridized carbons (Fsp3) is 0.583. The number of likely N-dealkylation sites (tertiary alicyclic amines) is 1. The number of amides is 1. The zero-order valence-electron chi connectivity index (χ0n) is 18.5. The van der Waals surface area contributed by atoms with Gasteiger partial charge >= 0.3 is 0 Å². The number of allylic oxidation sites excluding steroid dienone is 3. The third-order valence-electron chi connectivity index (χ3n) is 6.21. The van der Waals surface area contributed by atoms with E-state index in [-0.39, 0.29) is 17.4 Å².